The van der Waals surface area contributed by atoms with Gasteiger partial charge >= 0.3 is 0 Å². The van der Waals surface area contributed by atoms with Gasteiger partial charge in [0, 0.05) is 32.7 Å². The minimum absolute atomic E-state index is 0.216. The highest BCUT2D eigenvalue weighted by molar-refractivity contribution is 5.79. The fourth-order valence-corrected chi connectivity index (χ4v) is 2.42. The number of hydrogen-bond acceptors (Lipinski definition) is 5. The molecule has 0 fully saturated rings. The zero-order chi connectivity index (χ0) is 17.1. The molecule has 7 heteroatoms. The van der Waals surface area contributed by atoms with E-state index in [9.17, 15) is 5.11 Å². The van der Waals surface area contributed by atoms with Gasteiger partial charge in [0.2, 0.25) is 5.89 Å². The molecule has 0 bridgehead atoms. The first-order valence-electron chi connectivity index (χ1n) is 8.47. The maximum Gasteiger partial charge on any atom is 0.228 e. The smallest absolute Gasteiger partial charge is 0.228 e. The predicted molar refractivity (Wildman–Crippen MR) is 91.4 cm³/mol. The van der Waals surface area contributed by atoms with Crippen molar-refractivity contribution in [3.63, 3.8) is 0 Å². The Morgan fingerprint density at radius 3 is 2.70 bits per heavy atom. The van der Waals surface area contributed by atoms with Gasteiger partial charge < -0.3 is 20.3 Å². The number of guanidine groups is 1. The van der Waals surface area contributed by atoms with Gasteiger partial charge in [0.15, 0.2) is 11.8 Å². The van der Waals surface area contributed by atoms with Gasteiger partial charge in [-0.3, -0.25) is 4.99 Å². The molecule has 1 aromatic rings. The molecule has 0 radical (unpaired) electrons. The number of aryl methyl sites for hydroxylation is 1. The number of aliphatic hydroxyl groups is 1. The van der Waals surface area contributed by atoms with Crippen molar-refractivity contribution in [2.75, 3.05) is 26.2 Å². The van der Waals surface area contributed by atoms with Crippen LogP contribution in [-0.2, 0) is 6.42 Å². The van der Waals surface area contributed by atoms with Crippen LogP contribution in [0.4, 0.5) is 0 Å². The molecule has 1 aromatic heterocycles. The highest BCUT2D eigenvalue weighted by atomic mass is 16.5. The minimum atomic E-state index is 0.216. The number of hydrogen-bond donors (Lipinski definition) is 3. The van der Waals surface area contributed by atoms with Crippen molar-refractivity contribution in [1.82, 2.24) is 20.8 Å². The van der Waals surface area contributed by atoms with E-state index in [1.54, 1.807) is 0 Å². The van der Waals surface area contributed by atoms with Gasteiger partial charge in [-0.05, 0) is 38.5 Å². The summed E-state index contributed by atoms with van der Waals surface area (Å²) in [6, 6.07) is 0. The van der Waals surface area contributed by atoms with E-state index < -0.39 is 0 Å². The Morgan fingerprint density at radius 2 is 2.13 bits per heavy atom. The normalized spacial score (nSPS) is 13.4. The van der Waals surface area contributed by atoms with E-state index in [-0.39, 0.29) is 6.61 Å². The van der Waals surface area contributed by atoms with E-state index in [1.807, 2.05) is 13.8 Å². The Kier molecular flexibility index (Phi) is 9.28. The maximum absolute atomic E-state index is 9.18. The zero-order valence-corrected chi connectivity index (χ0v) is 14.8. The standard InChI is InChI=1S/C16H31N5O2/c1-5-17-16(18-8-6-15-20-13(4)21-23-15)19-11-14(7-9-22)10-12(2)3/h12,14,22H,5-11H2,1-4H3,(H2,17,18,19). The number of nitrogens with one attached hydrogen (secondary N) is 2. The van der Waals surface area contributed by atoms with E-state index in [0.717, 1.165) is 25.3 Å². The van der Waals surface area contributed by atoms with Crippen molar-refractivity contribution in [2.45, 2.75) is 47.0 Å². The van der Waals surface area contributed by atoms with Crippen LogP contribution in [0.25, 0.3) is 0 Å². The van der Waals surface area contributed by atoms with E-state index in [2.05, 4.69) is 39.6 Å². The molecule has 0 amide bonds. The van der Waals surface area contributed by atoms with Crippen molar-refractivity contribution in [1.29, 1.82) is 0 Å². The Balaban J connectivity index is 2.47. The van der Waals surface area contributed by atoms with Crippen LogP contribution < -0.4 is 10.6 Å². The predicted octanol–water partition coefficient (Wildman–Crippen LogP) is 1.52. The Hall–Kier alpha value is -1.63. The second-order valence-electron chi connectivity index (χ2n) is 6.14. The third-order valence-corrected chi connectivity index (χ3v) is 3.39. The van der Waals surface area contributed by atoms with Crippen LogP contribution in [0.3, 0.4) is 0 Å². The second-order valence-corrected chi connectivity index (χ2v) is 6.14. The lowest BCUT2D eigenvalue weighted by atomic mass is 9.94. The summed E-state index contributed by atoms with van der Waals surface area (Å²) in [5.74, 6) is 3.09. The fraction of sp³-hybridized carbons (Fsp3) is 0.812. The summed E-state index contributed by atoms with van der Waals surface area (Å²) in [5.41, 5.74) is 0. The van der Waals surface area contributed by atoms with Crippen LogP contribution in [0.1, 0.15) is 45.3 Å². The van der Waals surface area contributed by atoms with Gasteiger partial charge in [0.05, 0.1) is 0 Å². The summed E-state index contributed by atoms with van der Waals surface area (Å²) in [6.07, 6.45) is 2.53. The lowest BCUT2D eigenvalue weighted by Crippen LogP contribution is -2.38. The van der Waals surface area contributed by atoms with Gasteiger partial charge in [0.25, 0.3) is 0 Å². The number of aliphatic imine (C=N–C) groups is 1. The van der Waals surface area contributed by atoms with Crippen molar-refractivity contribution in [2.24, 2.45) is 16.8 Å². The molecular weight excluding hydrogens is 294 g/mol. The van der Waals surface area contributed by atoms with Gasteiger partial charge in [-0.25, -0.2) is 0 Å². The Morgan fingerprint density at radius 1 is 1.35 bits per heavy atom. The topological polar surface area (TPSA) is 95.6 Å². The molecule has 1 unspecified atom stereocenters. The van der Waals surface area contributed by atoms with Gasteiger partial charge in [-0.2, -0.15) is 4.98 Å². The van der Waals surface area contributed by atoms with E-state index in [4.69, 9.17) is 4.52 Å². The molecule has 0 aliphatic carbocycles. The Labute approximate surface area is 139 Å². The highest BCUT2D eigenvalue weighted by Crippen LogP contribution is 2.15. The first-order valence-corrected chi connectivity index (χ1v) is 8.47. The largest absolute Gasteiger partial charge is 0.396 e. The Bertz CT molecular complexity index is 459. The first kappa shape index (κ1) is 19.4. The van der Waals surface area contributed by atoms with Crippen molar-refractivity contribution >= 4 is 5.96 Å². The third kappa shape index (κ3) is 8.54. The molecule has 3 N–H and O–H groups in total. The molecule has 7 nitrogen and oxygen atoms in total. The molecule has 0 aromatic carbocycles. The lowest BCUT2D eigenvalue weighted by molar-refractivity contribution is 0.245. The van der Waals surface area contributed by atoms with E-state index >= 15 is 0 Å². The summed E-state index contributed by atoms with van der Waals surface area (Å²) in [6.45, 7) is 10.7. The van der Waals surface area contributed by atoms with E-state index in [0.29, 0.717) is 43.1 Å². The van der Waals surface area contributed by atoms with Gasteiger partial charge in [0.1, 0.15) is 0 Å². The lowest BCUT2D eigenvalue weighted by Gasteiger charge is -2.17. The molecule has 0 saturated carbocycles. The molecule has 0 spiro atoms. The SMILES string of the molecule is CCNC(=NCC(CCO)CC(C)C)NCCc1nc(C)no1. The zero-order valence-electron chi connectivity index (χ0n) is 14.8. The average Bonchev–Trinajstić information content (AvgIpc) is 2.89. The molecule has 23 heavy (non-hydrogen) atoms. The monoisotopic (exact) mass is 325 g/mol. The van der Waals surface area contributed by atoms with Crippen molar-refractivity contribution in [3.8, 4) is 0 Å². The molecule has 132 valence electrons. The van der Waals surface area contributed by atoms with Gasteiger partial charge in [-0.15, -0.1) is 0 Å². The molecule has 1 heterocycles. The molecule has 1 rings (SSSR count). The van der Waals surface area contributed by atoms with Crippen molar-refractivity contribution < 1.29 is 9.63 Å². The summed E-state index contributed by atoms with van der Waals surface area (Å²) < 4.78 is 5.09. The van der Waals surface area contributed by atoms with Crippen molar-refractivity contribution in [3.05, 3.63) is 11.7 Å². The third-order valence-electron chi connectivity index (χ3n) is 3.39. The summed E-state index contributed by atoms with van der Waals surface area (Å²) in [7, 11) is 0. The van der Waals surface area contributed by atoms with Crippen LogP contribution in [0, 0.1) is 18.8 Å². The molecule has 0 aliphatic heterocycles. The number of aliphatic hydroxyl groups excluding tert-OH is 1. The summed E-state index contributed by atoms with van der Waals surface area (Å²) >= 11 is 0. The number of nitrogens with zero attached hydrogens (tertiary/aromatic N) is 3. The van der Waals surface area contributed by atoms with Crippen LogP contribution in [0.2, 0.25) is 0 Å². The van der Waals surface area contributed by atoms with E-state index in [1.165, 1.54) is 0 Å². The first-order chi connectivity index (χ1) is 11.0. The second kappa shape index (κ2) is 11.0. The molecular formula is C16H31N5O2. The molecule has 0 aliphatic rings. The van der Waals surface area contributed by atoms with Crippen LogP contribution in [0.15, 0.2) is 9.52 Å². The minimum Gasteiger partial charge on any atom is -0.396 e. The quantitative estimate of drug-likeness (QED) is 0.446. The maximum atomic E-state index is 9.18. The highest BCUT2D eigenvalue weighted by Gasteiger charge is 2.11. The summed E-state index contributed by atoms with van der Waals surface area (Å²) in [5, 5.41) is 19.5. The summed E-state index contributed by atoms with van der Waals surface area (Å²) in [4.78, 5) is 8.82. The molecule has 1 atom stereocenters. The number of aromatic nitrogens is 2. The van der Waals surface area contributed by atoms with Crippen LogP contribution in [0.5, 0.6) is 0 Å². The van der Waals surface area contributed by atoms with Gasteiger partial charge in [-0.1, -0.05) is 19.0 Å². The fourth-order valence-electron chi connectivity index (χ4n) is 2.42. The average molecular weight is 325 g/mol. The van der Waals surface area contributed by atoms with Crippen LogP contribution >= 0.6 is 0 Å². The molecule has 0 saturated heterocycles. The number of rotatable bonds is 10. The van der Waals surface area contributed by atoms with Crippen LogP contribution in [-0.4, -0.2) is 47.4 Å².